The molecule has 0 aliphatic carbocycles. The molecule has 0 saturated heterocycles. The van der Waals surface area contributed by atoms with Crippen LogP contribution in [0.5, 0.6) is 0 Å². The van der Waals surface area contributed by atoms with Gasteiger partial charge in [0.1, 0.15) is 5.01 Å². The molecule has 1 aromatic carbocycles. The maximum atomic E-state index is 11.1. The number of benzene rings is 1. The van der Waals surface area contributed by atoms with E-state index in [1.54, 1.807) is 0 Å². The highest BCUT2D eigenvalue weighted by Gasteiger charge is 2.07. The van der Waals surface area contributed by atoms with Crippen molar-refractivity contribution in [3.05, 3.63) is 30.3 Å². The predicted octanol–water partition coefficient (Wildman–Crippen LogP) is 2.58. The van der Waals surface area contributed by atoms with E-state index in [0.29, 0.717) is 9.56 Å². The number of alkyl halides is 1. The van der Waals surface area contributed by atoms with E-state index in [2.05, 4.69) is 15.5 Å². The standard InChI is InChI=1S/C10H8IN3OS/c11-6-8(15)12-10-14-13-9(16-10)7-4-2-1-3-5-7/h1-5H,6H2,(H,12,14,15). The van der Waals surface area contributed by atoms with Gasteiger partial charge in [0, 0.05) is 5.56 Å². The molecule has 0 unspecified atom stereocenters. The van der Waals surface area contributed by atoms with Crippen molar-refractivity contribution in [1.29, 1.82) is 0 Å². The smallest absolute Gasteiger partial charge is 0.236 e. The Labute approximate surface area is 110 Å². The first-order valence-corrected chi connectivity index (χ1v) is 6.88. The van der Waals surface area contributed by atoms with Crippen molar-refractivity contribution in [1.82, 2.24) is 10.2 Å². The highest BCUT2D eigenvalue weighted by Crippen LogP contribution is 2.25. The number of hydrogen-bond donors (Lipinski definition) is 1. The molecule has 1 heterocycles. The molecule has 16 heavy (non-hydrogen) atoms. The molecule has 1 N–H and O–H groups in total. The average Bonchev–Trinajstić information content (AvgIpc) is 2.78. The molecule has 0 bridgehead atoms. The van der Waals surface area contributed by atoms with Crippen LogP contribution in [-0.4, -0.2) is 20.5 Å². The first-order valence-electron chi connectivity index (χ1n) is 4.54. The molecule has 0 atom stereocenters. The second-order valence-corrected chi connectivity index (χ2v) is 4.70. The van der Waals surface area contributed by atoms with Gasteiger partial charge in [-0.05, 0) is 0 Å². The molecular weight excluding hydrogens is 337 g/mol. The Kier molecular flexibility index (Phi) is 3.83. The van der Waals surface area contributed by atoms with Crippen molar-refractivity contribution in [3.63, 3.8) is 0 Å². The lowest BCUT2D eigenvalue weighted by atomic mass is 10.2. The van der Waals surface area contributed by atoms with Crippen LogP contribution in [0, 0.1) is 0 Å². The molecule has 0 fully saturated rings. The minimum absolute atomic E-state index is 0.0589. The van der Waals surface area contributed by atoms with Gasteiger partial charge in [-0.2, -0.15) is 0 Å². The minimum atomic E-state index is -0.0589. The van der Waals surface area contributed by atoms with Gasteiger partial charge in [0.25, 0.3) is 0 Å². The molecule has 2 aromatic rings. The van der Waals surface area contributed by atoms with E-state index in [4.69, 9.17) is 0 Å². The van der Waals surface area contributed by atoms with E-state index in [-0.39, 0.29) is 5.91 Å². The van der Waals surface area contributed by atoms with Crippen molar-refractivity contribution in [2.45, 2.75) is 0 Å². The number of halogens is 1. The zero-order valence-corrected chi connectivity index (χ0v) is 11.2. The lowest BCUT2D eigenvalue weighted by Crippen LogP contribution is -2.11. The number of nitrogens with zero attached hydrogens (tertiary/aromatic N) is 2. The van der Waals surface area contributed by atoms with Crippen LogP contribution in [-0.2, 0) is 4.79 Å². The predicted molar refractivity (Wildman–Crippen MR) is 72.9 cm³/mol. The number of anilines is 1. The van der Waals surface area contributed by atoms with Gasteiger partial charge in [-0.3, -0.25) is 10.1 Å². The lowest BCUT2D eigenvalue weighted by Gasteiger charge is -1.94. The molecule has 4 nitrogen and oxygen atoms in total. The maximum absolute atomic E-state index is 11.1. The third-order valence-corrected chi connectivity index (χ3v) is 3.39. The Bertz CT molecular complexity index is 486. The first kappa shape index (κ1) is 11.5. The van der Waals surface area contributed by atoms with Crippen molar-refractivity contribution in [2.24, 2.45) is 0 Å². The Morgan fingerprint density at radius 3 is 2.75 bits per heavy atom. The average molecular weight is 345 g/mol. The minimum Gasteiger partial charge on any atom is -0.300 e. The number of carbonyl (C=O) groups excluding carboxylic acids is 1. The second-order valence-electron chi connectivity index (χ2n) is 2.96. The van der Waals surface area contributed by atoms with Gasteiger partial charge in [-0.1, -0.05) is 64.3 Å². The fourth-order valence-corrected chi connectivity index (χ4v) is 2.08. The van der Waals surface area contributed by atoms with Crippen molar-refractivity contribution in [3.8, 4) is 10.6 Å². The van der Waals surface area contributed by atoms with Gasteiger partial charge >= 0.3 is 0 Å². The summed E-state index contributed by atoms with van der Waals surface area (Å²) in [5, 5.41) is 12.0. The van der Waals surface area contributed by atoms with Gasteiger partial charge in [0.15, 0.2) is 0 Å². The van der Waals surface area contributed by atoms with Crippen molar-refractivity contribution in [2.75, 3.05) is 9.74 Å². The van der Waals surface area contributed by atoms with Crippen LogP contribution in [0.15, 0.2) is 30.3 Å². The van der Waals surface area contributed by atoms with Crippen LogP contribution in [0.2, 0.25) is 0 Å². The number of aromatic nitrogens is 2. The van der Waals surface area contributed by atoms with E-state index >= 15 is 0 Å². The molecule has 0 spiro atoms. The Morgan fingerprint density at radius 1 is 1.31 bits per heavy atom. The van der Waals surface area contributed by atoms with Crippen molar-refractivity contribution >= 4 is 45.0 Å². The van der Waals surface area contributed by atoms with E-state index in [1.807, 2.05) is 52.9 Å². The topological polar surface area (TPSA) is 54.9 Å². The monoisotopic (exact) mass is 345 g/mol. The van der Waals surface area contributed by atoms with Gasteiger partial charge < -0.3 is 0 Å². The van der Waals surface area contributed by atoms with Crippen LogP contribution < -0.4 is 5.32 Å². The molecule has 0 saturated carbocycles. The van der Waals surface area contributed by atoms with Crippen LogP contribution in [0.25, 0.3) is 10.6 Å². The quantitative estimate of drug-likeness (QED) is 0.687. The van der Waals surface area contributed by atoms with Gasteiger partial charge in [0.05, 0.1) is 4.43 Å². The number of hydrogen-bond acceptors (Lipinski definition) is 4. The fourth-order valence-electron chi connectivity index (χ4n) is 1.12. The zero-order valence-electron chi connectivity index (χ0n) is 8.18. The Balaban J connectivity index is 2.17. The molecule has 6 heteroatoms. The van der Waals surface area contributed by atoms with E-state index in [1.165, 1.54) is 11.3 Å². The molecule has 0 aliphatic rings. The van der Waals surface area contributed by atoms with E-state index in [9.17, 15) is 4.79 Å². The summed E-state index contributed by atoms with van der Waals surface area (Å²) < 4.78 is 0.415. The largest absolute Gasteiger partial charge is 0.300 e. The van der Waals surface area contributed by atoms with E-state index < -0.39 is 0 Å². The van der Waals surface area contributed by atoms with Crippen LogP contribution in [0.4, 0.5) is 5.13 Å². The molecule has 2 rings (SSSR count). The third-order valence-electron chi connectivity index (χ3n) is 1.81. The summed E-state index contributed by atoms with van der Waals surface area (Å²) in [6.07, 6.45) is 0. The Morgan fingerprint density at radius 2 is 2.06 bits per heavy atom. The summed E-state index contributed by atoms with van der Waals surface area (Å²) in [6, 6.07) is 9.76. The fraction of sp³-hybridized carbons (Fsp3) is 0.100. The van der Waals surface area contributed by atoms with Crippen LogP contribution in [0.1, 0.15) is 0 Å². The van der Waals surface area contributed by atoms with Gasteiger partial charge in [0.2, 0.25) is 11.0 Å². The Hall–Kier alpha value is -1.02. The van der Waals surface area contributed by atoms with Gasteiger partial charge in [-0.15, -0.1) is 10.2 Å². The lowest BCUT2D eigenvalue weighted by molar-refractivity contribution is -0.113. The molecule has 0 radical (unpaired) electrons. The molecular formula is C10H8IN3OS. The number of nitrogens with one attached hydrogen (secondary N) is 1. The molecule has 1 aromatic heterocycles. The molecule has 0 aliphatic heterocycles. The third kappa shape index (κ3) is 2.76. The van der Waals surface area contributed by atoms with Crippen LogP contribution in [0.3, 0.4) is 0 Å². The highest BCUT2D eigenvalue weighted by atomic mass is 127. The summed E-state index contributed by atoms with van der Waals surface area (Å²) >= 11 is 3.38. The number of rotatable bonds is 3. The summed E-state index contributed by atoms with van der Waals surface area (Å²) in [5.74, 6) is -0.0589. The highest BCUT2D eigenvalue weighted by molar-refractivity contribution is 14.1. The van der Waals surface area contributed by atoms with Crippen molar-refractivity contribution < 1.29 is 4.79 Å². The van der Waals surface area contributed by atoms with E-state index in [0.717, 1.165) is 10.6 Å². The second kappa shape index (κ2) is 5.35. The summed E-state index contributed by atoms with van der Waals surface area (Å²) in [6.45, 7) is 0. The number of amides is 1. The number of carbonyl (C=O) groups is 1. The SMILES string of the molecule is O=C(CI)Nc1nnc(-c2ccccc2)s1. The zero-order chi connectivity index (χ0) is 11.4. The normalized spacial score (nSPS) is 10.1. The van der Waals surface area contributed by atoms with Gasteiger partial charge in [-0.25, -0.2) is 0 Å². The summed E-state index contributed by atoms with van der Waals surface area (Å²) in [5.41, 5.74) is 1.01. The molecule has 1 amide bonds. The maximum Gasteiger partial charge on any atom is 0.236 e. The molecule has 82 valence electrons. The first-order chi connectivity index (χ1) is 7.79. The summed E-state index contributed by atoms with van der Waals surface area (Å²) in [4.78, 5) is 11.1. The van der Waals surface area contributed by atoms with Crippen LogP contribution >= 0.6 is 33.9 Å². The summed E-state index contributed by atoms with van der Waals surface area (Å²) in [7, 11) is 0.